The molecule has 2 aromatic rings. The summed E-state index contributed by atoms with van der Waals surface area (Å²) in [6, 6.07) is 9.58. The molecule has 1 N–H and O–H groups in total. The van der Waals surface area contributed by atoms with Crippen molar-refractivity contribution in [1.29, 1.82) is 5.26 Å². The van der Waals surface area contributed by atoms with E-state index in [2.05, 4.69) is 5.32 Å². The smallest absolute Gasteiger partial charge is 0.348 e. The molecule has 1 saturated heterocycles. The average Bonchev–Trinajstić information content (AvgIpc) is 3.15. The van der Waals surface area contributed by atoms with Crippen molar-refractivity contribution in [2.75, 3.05) is 9.80 Å². The lowest BCUT2D eigenvalue weighted by molar-refractivity contribution is -0.137. The molecular formula is C21H15F3N4O2S. The van der Waals surface area contributed by atoms with Crippen molar-refractivity contribution in [3.63, 3.8) is 0 Å². The van der Waals surface area contributed by atoms with E-state index in [4.69, 9.17) is 17.5 Å². The Labute approximate surface area is 180 Å². The molecule has 0 saturated carbocycles. The number of hydrogen-bond acceptors (Lipinski definition) is 4. The van der Waals surface area contributed by atoms with E-state index >= 15 is 0 Å². The van der Waals surface area contributed by atoms with E-state index in [1.54, 1.807) is 36.9 Å². The number of benzene rings is 2. The van der Waals surface area contributed by atoms with E-state index < -0.39 is 28.7 Å². The Hall–Kier alpha value is -3.45. The van der Waals surface area contributed by atoms with Crippen LogP contribution in [0.4, 0.5) is 24.5 Å². The lowest BCUT2D eigenvalue weighted by Gasteiger charge is -2.29. The third-order valence-corrected chi connectivity index (χ3v) is 5.75. The third kappa shape index (κ3) is 3.13. The van der Waals surface area contributed by atoms with Crippen LogP contribution in [-0.2, 0) is 17.5 Å². The van der Waals surface area contributed by atoms with Crippen LogP contribution in [0.1, 0.15) is 40.9 Å². The minimum absolute atomic E-state index is 0.00469. The van der Waals surface area contributed by atoms with Crippen LogP contribution in [0.25, 0.3) is 0 Å². The number of anilines is 2. The standard InChI is InChI=1S/C21H15F3N4O2S/c1-20(2)18(30)27(13-4-3-11(9-25)16(8-13)21(22,23)24)19(31)28(20)14-5-6-15-12(7-14)10-26-17(15)29/h3-8H,10H2,1-2H3,(H,26,29). The van der Waals surface area contributed by atoms with Crippen molar-refractivity contribution < 1.29 is 22.8 Å². The van der Waals surface area contributed by atoms with Crippen molar-refractivity contribution in [3.8, 4) is 6.07 Å². The lowest BCUT2D eigenvalue weighted by Crippen LogP contribution is -2.44. The summed E-state index contributed by atoms with van der Waals surface area (Å²) in [5.41, 5.74) is -1.13. The Balaban J connectivity index is 1.79. The highest BCUT2D eigenvalue weighted by molar-refractivity contribution is 7.81. The van der Waals surface area contributed by atoms with Gasteiger partial charge in [0.1, 0.15) is 5.54 Å². The van der Waals surface area contributed by atoms with Crippen LogP contribution in [0.5, 0.6) is 0 Å². The number of nitrogens with zero attached hydrogens (tertiary/aromatic N) is 3. The van der Waals surface area contributed by atoms with Gasteiger partial charge >= 0.3 is 6.18 Å². The van der Waals surface area contributed by atoms with Gasteiger partial charge in [0.15, 0.2) is 5.11 Å². The van der Waals surface area contributed by atoms with Gasteiger partial charge < -0.3 is 10.2 Å². The molecule has 1 fully saturated rings. The third-order valence-electron chi connectivity index (χ3n) is 5.39. The Bertz CT molecular complexity index is 1200. The molecule has 0 aliphatic carbocycles. The molecule has 2 aliphatic heterocycles. The van der Waals surface area contributed by atoms with Crippen LogP contribution in [-0.4, -0.2) is 22.5 Å². The molecule has 6 nitrogen and oxygen atoms in total. The number of alkyl halides is 3. The van der Waals surface area contributed by atoms with E-state index in [9.17, 15) is 22.8 Å². The molecule has 0 unspecified atom stereocenters. The fourth-order valence-corrected chi connectivity index (χ4v) is 4.34. The fraction of sp³-hybridized carbons (Fsp3) is 0.238. The Morgan fingerprint density at radius 2 is 1.81 bits per heavy atom. The number of thiocarbonyl (C=S) groups is 1. The summed E-state index contributed by atoms with van der Waals surface area (Å²) >= 11 is 5.50. The number of halogens is 3. The molecular weight excluding hydrogens is 429 g/mol. The topological polar surface area (TPSA) is 76.4 Å². The maximum Gasteiger partial charge on any atom is 0.417 e. The van der Waals surface area contributed by atoms with Crippen LogP contribution in [0.15, 0.2) is 36.4 Å². The van der Waals surface area contributed by atoms with Gasteiger partial charge in [0.2, 0.25) is 0 Å². The van der Waals surface area contributed by atoms with Crippen LogP contribution < -0.4 is 15.1 Å². The maximum atomic E-state index is 13.4. The van der Waals surface area contributed by atoms with Gasteiger partial charge in [-0.05, 0) is 68.0 Å². The molecule has 2 aromatic carbocycles. The van der Waals surface area contributed by atoms with Crippen molar-refractivity contribution in [2.45, 2.75) is 32.1 Å². The van der Waals surface area contributed by atoms with Gasteiger partial charge in [-0.25, -0.2) is 0 Å². The second-order valence-electron chi connectivity index (χ2n) is 7.68. The average molecular weight is 444 g/mol. The summed E-state index contributed by atoms with van der Waals surface area (Å²) < 4.78 is 40.3. The molecule has 0 spiro atoms. The van der Waals surface area contributed by atoms with Gasteiger partial charge in [-0.15, -0.1) is 0 Å². The van der Waals surface area contributed by atoms with Crippen molar-refractivity contribution in [2.24, 2.45) is 0 Å². The molecule has 4 rings (SSSR count). The zero-order chi connectivity index (χ0) is 22.7. The first-order chi connectivity index (χ1) is 14.5. The SMILES string of the molecule is CC1(C)C(=O)N(c2ccc(C#N)c(C(F)(F)F)c2)C(=S)N1c1ccc2c(c1)CNC2=O. The largest absolute Gasteiger partial charge is 0.417 e. The molecule has 31 heavy (non-hydrogen) atoms. The summed E-state index contributed by atoms with van der Waals surface area (Å²) in [6.07, 6.45) is -4.76. The van der Waals surface area contributed by atoms with Crippen LogP contribution >= 0.6 is 12.2 Å². The maximum absolute atomic E-state index is 13.4. The molecule has 158 valence electrons. The first kappa shape index (κ1) is 20.8. The highest BCUT2D eigenvalue weighted by atomic mass is 32.1. The monoisotopic (exact) mass is 444 g/mol. The zero-order valence-corrected chi connectivity index (χ0v) is 17.2. The normalized spacial score (nSPS) is 17.6. The predicted molar refractivity (Wildman–Crippen MR) is 110 cm³/mol. The first-order valence-electron chi connectivity index (χ1n) is 9.18. The number of nitrogens with one attached hydrogen (secondary N) is 1. The Kier molecular flexibility index (Phi) is 4.55. The highest BCUT2D eigenvalue weighted by Crippen LogP contribution is 2.40. The lowest BCUT2D eigenvalue weighted by atomic mass is 10.0. The number of fused-ring (bicyclic) bond motifs is 1. The fourth-order valence-electron chi connectivity index (χ4n) is 3.82. The van der Waals surface area contributed by atoms with Crippen molar-refractivity contribution >= 4 is 40.5 Å². The number of hydrogen-bond donors (Lipinski definition) is 1. The molecule has 2 amide bonds. The molecule has 2 aliphatic rings. The van der Waals surface area contributed by atoms with Crippen LogP contribution in [0.2, 0.25) is 0 Å². The number of carbonyl (C=O) groups excluding carboxylic acids is 2. The van der Waals surface area contributed by atoms with Crippen LogP contribution in [0.3, 0.4) is 0 Å². The molecule has 0 atom stereocenters. The van der Waals surface area contributed by atoms with E-state index in [1.165, 1.54) is 12.1 Å². The number of amides is 2. The van der Waals surface area contributed by atoms with Gasteiger partial charge in [0, 0.05) is 17.8 Å². The second kappa shape index (κ2) is 6.78. The minimum Gasteiger partial charge on any atom is -0.348 e. The minimum atomic E-state index is -4.76. The first-order valence-corrected chi connectivity index (χ1v) is 9.59. The predicted octanol–water partition coefficient (Wildman–Crippen LogP) is 3.74. The summed E-state index contributed by atoms with van der Waals surface area (Å²) in [6.45, 7) is 3.57. The zero-order valence-electron chi connectivity index (χ0n) is 16.4. The quantitative estimate of drug-likeness (QED) is 0.715. The Morgan fingerprint density at radius 1 is 1.13 bits per heavy atom. The van der Waals surface area contributed by atoms with Crippen molar-refractivity contribution in [1.82, 2.24) is 5.32 Å². The number of carbonyl (C=O) groups is 2. The van der Waals surface area contributed by atoms with E-state index in [0.29, 0.717) is 17.8 Å². The van der Waals surface area contributed by atoms with Gasteiger partial charge in [-0.3, -0.25) is 14.5 Å². The number of rotatable bonds is 2. The van der Waals surface area contributed by atoms with E-state index in [1.807, 2.05) is 0 Å². The summed E-state index contributed by atoms with van der Waals surface area (Å²) in [5, 5.41) is 11.7. The summed E-state index contributed by atoms with van der Waals surface area (Å²) in [7, 11) is 0. The Morgan fingerprint density at radius 3 is 2.45 bits per heavy atom. The van der Waals surface area contributed by atoms with Gasteiger partial charge in [-0.1, -0.05) is 0 Å². The molecule has 10 heteroatoms. The van der Waals surface area contributed by atoms with E-state index in [-0.39, 0.29) is 16.7 Å². The highest BCUT2D eigenvalue weighted by Gasteiger charge is 2.51. The van der Waals surface area contributed by atoms with Crippen LogP contribution in [0, 0.1) is 11.3 Å². The van der Waals surface area contributed by atoms with Gasteiger partial charge in [-0.2, -0.15) is 18.4 Å². The molecule has 2 heterocycles. The molecule has 0 radical (unpaired) electrons. The number of nitriles is 1. The van der Waals surface area contributed by atoms with Crippen molar-refractivity contribution in [3.05, 3.63) is 58.7 Å². The summed E-state index contributed by atoms with van der Waals surface area (Å²) in [5.74, 6) is -0.704. The van der Waals surface area contributed by atoms with Gasteiger partial charge in [0.25, 0.3) is 11.8 Å². The molecule has 0 bridgehead atoms. The second-order valence-corrected chi connectivity index (χ2v) is 8.05. The van der Waals surface area contributed by atoms with Gasteiger partial charge in [0.05, 0.1) is 22.9 Å². The summed E-state index contributed by atoms with van der Waals surface area (Å²) in [4.78, 5) is 27.6. The van der Waals surface area contributed by atoms with E-state index in [0.717, 1.165) is 22.6 Å². The molecule has 0 aromatic heterocycles.